The van der Waals surface area contributed by atoms with Crippen molar-refractivity contribution >= 4 is 23.5 Å². The third-order valence-electron chi connectivity index (χ3n) is 5.93. The molecule has 0 N–H and O–H groups in total. The molecular weight excluding hydrogens is 478 g/mol. The lowest BCUT2D eigenvalue weighted by atomic mass is 10.0. The molecule has 0 amide bonds. The first-order valence-electron chi connectivity index (χ1n) is 11.5. The first-order chi connectivity index (χ1) is 17.0. The average molecular weight is 507 g/mol. The maximum atomic E-state index is 14.0. The summed E-state index contributed by atoms with van der Waals surface area (Å²) in [6.45, 7) is 4.30. The smallest absolute Gasteiger partial charge is 0.131 e. The predicted octanol–water partition coefficient (Wildman–Crippen LogP) is 9.52. The van der Waals surface area contributed by atoms with Gasteiger partial charge in [0.05, 0.1) is 11.9 Å². The van der Waals surface area contributed by atoms with Crippen molar-refractivity contribution < 1.29 is 13.5 Å². The van der Waals surface area contributed by atoms with Crippen molar-refractivity contribution in [3.8, 4) is 22.3 Å². The molecule has 0 spiro atoms. The predicted molar refractivity (Wildman–Crippen MR) is 147 cm³/mol. The second kappa shape index (κ2) is 12.4. The molecule has 4 aromatic carbocycles. The Morgan fingerprint density at radius 1 is 0.571 bits per heavy atom. The first kappa shape index (κ1) is 25.5. The summed E-state index contributed by atoms with van der Waals surface area (Å²) in [5, 5.41) is 0.552. The lowest BCUT2D eigenvalue weighted by Gasteiger charge is -2.15. The van der Waals surface area contributed by atoms with E-state index >= 15 is 0 Å². The first-order valence-corrected chi connectivity index (χ1v) is 13.6. The summed E-state index contributed by atoms with van der Waals surface area (Å²) in [7, 11) is 0. The second-order valence-electron chi connectivity index (χ2n) is 8.26. The van der Waals surface area contributed by atoms with Gasteiger partial charge >= 0.3 is 0 Å². The molecule has 0 bridgehead atoms. The van der Waals surface area contributed by atoms with Gasteiger partial charge in [0.25, 0.3) is 0 Å². The molecule has 35 heavy (non-hydrogen) atoms. The van der Waals surface area contributed by atoms with Gasteiger partial charge in [0.15, 0.2) is 0 Å². The van der Waals surface area contributed by atoms with Gasteiger partial charge in [-0.2, -0.15) is 0 Å². The minimum Gasteiger partial charge on any atom is -0.360 e. The third kappa shape index (κ3) is 6.75. The minimum atomic E-state index is -0.205. The summed E-state index contributed by atoms with van der Waals surface area (Å²) in [5.74, 6) is 0.789. The molecule has 0 aliphatic rings. The number of hydrogen-bond acceptors (Lipinski definition) is 3. The zero-order valence-corrected chi connectivity index (χ0v) is 21.4. The van der Waals surface area contributed by atoms with Crippen LogP contribution < -0.4 is 0 Å². The highest BCUT2D eigenvalue weighted by Crippen LogP contribution is 2.33. The van der Waals surface area contributed by atoms with Gasteiger partial charge in [0, 0.05) is 21.6 Å². The number of ether oxygens (including phenoxy) is 1. The second-order valence-corrected chi connectivity index (χ2v) is 10.8. The molecule has 0 aliphatic heterocycles. The molecule has 2 unspecified atom stereocenters. The highest BCUT2D eigenvalue weighted by atomic mass is 32.2. The van der Waals surface area contributed by atoms with Crippen LogP contribution in [0.15, 0.2) is 97.1 Å². The molecular formula is C30H28F2OS2. The van der Waals surface area contributed by atoms with E-state index in [1.54, 1.807) is 47.8 Å². The Labute approximate surface area is 214 Å². The van der Waals surface area contributed by atoms with E-state index in [0.717, 1.165) is 11.1 Å². The van der Waals surface area contributed by atoms with Crippen molar-refractivity contribution in [2.45, 2.75) is 24.3 Å². The quantitative estimate of drug-likeness (QED) is 0.157. The van der Waals surface area contributed by atoms with Crippen molar-refractivity contribution in [1.29, 1.82) is 0 Å². The zero-order chi connectivity index (χ0) is 24.6. The Morgan fingerprint density at radius 2 is 0.943 bits per heavy atom. The lowest BCUT2D eigenvalue weighted by Crippen LogP contribution is -1.97. The van der Waals surface area contributed by atoms with Crippen molar-refractivity contribution in [3.63, 3.8) is 0 Å². The molecule has 0 fully saturated rings. The van der Waals surface area contributed by atoms with Crippen LogP contribution >= 0.6 is 23.5 Å². The maximum Gasteiger partial charge on any atom is 0.131 e. The van der Waals surface area contributed by atoms with E-state index in [1.165, 1.54) is 23.3 Å². The van der Waals surface area contributed by atoms with E-state index in [9.17, 15) is 8.78 Å². The summed E-state index contributed by atoms with van der Waals surface area (Å²) in [6.07, 6.45) is 0. The van der Waals surface area contributed by atoms with Crippen LogP contribution in [0, 0.1) is 11.6 Å². The van der Waals surface area contributed by atoms with Gasteiger partial charge in [-0.1, -0.05) is 84.9 Å². The molecule has 5 heteroatoms. The Hall–Kier alpha value is -2.60. The van der Waals surface area contributed by atoms with Gasteiger partial charge in [-0.15, -0.1) is 23.5 Å². The summed E-state index contributed by atoms with van der Waals surface area (Å²) < 4.78 is 33.9. The van der Waals surface area contributed by atoms with Crippen molar-refractivity contribution in [3.05, 3.63) is 120 Å². The zero-order valence-electron chi connectivity index (χ0n) is 19.8. The van der Waals surface area contributed by atoms with Gasteiger partial charge in [-0.05, 0) is 48.2 Å². The van der Waals surface area contributed by atoms with Crippen LogP contribution in [0.25, 0.3) is 22.3 Å². The Balaban J connectivity index is 1.21. The van der Waals surface area contributed by atoms with E-state index in [-0.39, 0.29) is 22.1 Å². The Kier molecular flexibility index (Phi) is 9.02. The van der Waals surface area contributed by atoms with E-state index in [0.29, 0.717) is 23.0 Å². The molecule has 0 aromatic heterocycles. The van der Waals surface area contributed by atoms with Crippen LogP contribution in [-0.2, 0) is 4.74 Å². The van der Waals surface area contributed by atoms with Gasteiger partial charge in [-0.25, -0.2) is 8.78 Å². The van der Waals surface area contributed by atoms with Crippen molar-refractivity contribution in [2.24, 2.45) is 0 Å². The highest BCUT2D eigenvalue weighted by Gasteiger charge is 2.11. The largest absolute Gasteiger partial charge is 0.360 e. The third-order valence-corrected chi connectivity index (χ3v) is 8.08. The molecule has 0 radical (unpaired) electrons. The van der Waals surface area contributed by atoms with Gasteiger partial charge in [0.2, 0.25) is 0 Å². The molecule has 0 aliphatic carbocycles. The van der Waals surface area contributed by atoms with Crippen LogP contribution in [-0.4, -0.2) is 11.9 Å². The molecule has 2 atom stereocenters. The van der Waals surface area contributed by atoms with Crippen LogP contribution in [0.2, 0.25) is 0 Å². The summed E-state index contributed by atoms with van der Waals surface area (Å²) in [6, 6.07) is 29.8. The summed E-state index contributed by atoms with van der Waals surface area (Å²) >= 11 is 3.48. The number of benzene rings is 4. The van der Waals surface area contributed by atoms with Crippen molar-refractivity contribution in [1.82, 2.24) is 0 Å². The van der Waals surface area contributed by atoms with E-state index in [1.807, 2.05) is 36.4 Å². The monoisotopic (exact) mass is 506 g/mol. The summed E-state index contributed by atoms with van der Waals surface area (Å²) in [5.41, 5.74) is 5.39. The molecule has 180 valence electrons. The minimum absolute atomic E-state index is 0.205. The standard InChI is InChI=1S/C30H28F2OS2/c1-21(23-11-15-25(16-12-23)27-7-3-5-9-29(27)31)34-19-33-20-35-22(2)24-13-17-26(18-14-24)28-8-4-6-10-30(28)32/h3-18,21-22H,19-20H2,1-2H3. The van der Waals surface area contributed by atoms with Crippen molar-refractivity contribution in [2.75, 3.05) is 11.9 Å². The average Bonchev–Trinajstić information content (AvgIpc) is 2.89. The number of halogens is 2. The van der Waals surface area contributed by atoms with Crippen LogP contribution in [0.1, 0.15) is 35.5 Å². The fourth-order valence-corrected chi connectivity index (χ4v) is 5.36. The van der Waals surface area contributed by atoms with Gasteiger partial charge in [0.1, 0.15) is 11.6 Å². The number of thioether (sulfide) groups is 2. The molecule has 0 saturated carbocycles. The fourth-order valence-electron chi connectivity index (χ4n) is 3.78. The van der Waals surface area contributed by atoms with E-state index < -0.39 is 0 Å². The summed E-state index contributed by atoms with van der Waals surface area (Å²) in [4.78, 5) is 0. The highest BCUT2D eigenvalue weighted by molar-refractivity contribution is 8.00. The van der Waals surface area contributed by atoms with Crippen LogP contribution in [0.5, 0.6) is 0 Å². The molecule has 1 nitrogen and oxygen atoms in total. The number of hydrogen-bond donors (Lipinski definition) is 0. The Morgan fingerprint density at radius 3 is 1.31 bits per heavy atom. The number of rotatable bonds is 10. The normalized spacial score (nSPS) is 12.9. The molecule has 0 saturated heterocycles. The lowest BCUT2D eigenvalue weighted by molar-refractivity contribution is 0.240. The SMILES string of the molecule is CC(SCOCSC(C)c1ccc(-c2ccccc2F)cc1)c1ccc(-c2ccccc2F)cc1. The molecule has 0 heterocycles. The molecule has 4 rings (SSSR count). The van der Waals surface area contributed by atoms with Crippen LogP contribution in [0.4, 0.5) is 8.78 Å². The molecule has 4 aromatic rings. The maximum absolute atomic E-state index is 14.0. The van der Waals surface area contributed by atoms with Gasteiger partial charge < -0.3 is 4.74 Å². The Bertz CT molecular complexity index is 1130. The van der Waals surface area contributed by atoms with Gasteiger partial charge in [-0.3, -0.25) is 0 Å². The van der Waals surface area contributed by atoms with Crippen LogP contribution in [0.3, 0.4) is 0 Å². The van der Waals surface area contributed by atoms with E-state index in [4.69, 9.17) is 4.74 Å². The fraction of sp³-hybridized carbons (Fsp3) is 0.200. The topological polar surface area (TPSA) is 9.23 Å². The van der Waals surface area contributed by atoms with E-state index in [2.05, 4.69) is 38.1 Å².